The van der Waals surface area contributed by atoms with Gasteiger partial charge in [-0.2, -0.15) is 5.11 Å². The molecule has 0 aliphatic carbocycles. The number of methoxy groups -OCH3 is 1. The van der Waals surface area contributed by atoms with E-state index in [9.17, 15) is 5.11 Å². The summed E-state index contributed by atoms with van der Waals surface area (Å²) in [6.07, 6.45) is 0. The minimum absolute atomic E-state index is 0.0424. The number of hydrogen-bond acceptors (Lipinski definition) is 4. The van der Waals surface area contributed by atoms with Crippen LogP contribution >= 0.6 is 23.2 Å². The van der Waals surface area contributed by atoms with Gasteiger partial charge in [-0.3, -0.25) is 0 Å². The van der Waals surface area contributed by atoms with E-state index in [1.54, 1.807) is 0 Å². The van der Waals surface area contributed by atoms with Gasteiger partial charge in [-0.25, -0.2) is 5.53 Å². The summed E-state index contributed by atoms with van der Waals surface area (Å²) in [4.78, 5) is 2.61. The Hall–Kier alpha value is -1.46. The highest BCUT2D eigenvalue weighted by molar-refractivity contribution is 6.42. The second kappa shape index (κ2) is 3.84. The summed E-state index contributed by atoms with van der Waals surface area (Å²) >= 11 is 12.0. The molecule has 3 N–H and O–H groups in total. The molecular weight excluding hydrogens is 253 g/mol. The van der Waals surface area contributed by atoms with Crippen molar-refractivity contribution < 1.29 is 9.84 Å². The minimum Gasteiger partial charge on any atom is -0.495 e. The molecule has 0 atom stereocenters. The number of nitrogens with zero attached hydrogens (tertiary/aromatic N) is 1. The molecule has 0 fully saturated rings. The molecule has 0 spiro atoms. The third-order valence-corrected chi connectivity index (χ3v) is 2.89. The van der Waals surface area contributed by atoms with Gasteiger partial charge in [0, 0.05) is 6.07 Å². The molecule has 1 heterocycles. The molecule has 0 radical (unpaired) electrons. The van der Waals surface area contributed by atoms with Gasteiger partial charge in [0.15, 0.2) is 5.69 Å². The Bertz CT molecular complexity index is 580. The summed E-state index contributed by atoms with van der Waals surface area (Å²) < 4.78 is 5.03. The molecule has 84 valence electrons. The normalized spacial score (nSPS) is 10.7. The number of fused-ring (bicyclic) bond motifs is 1. The van der Waals surface area contributed by atoms with Crippen molar-refractivity contribution in [3.05, 3.63) is 16.1 Å². The Morgan fingerprint density at radius 1 is 1.50 bits per heavy atom. The number of nitrogens with one attached hydrogen (secondary N) is 2. The van der Waals surface area contributed by atoms with Crippen LogP contribution in [-0.4, -0.2) is 17.2 Å². The van der Waals surface area contributed by atoms with Crippen LogP contribution in [0.3, 0.4) is 0 Å². The highest BCUT2D eigenvalue weighted by atomic mass is 35.5. The van der Waals surface area contributed by atoms with E-state index in [-0.39, 0.29) is 16.6 Å². The van der Waals surface area contributed by atoms with E-state index in [4.69, 9.17) is 33.5 Å². The van der Waals surface area contributed by atoms with Gasteiger partial charge in [-0.15, -0.1) is 0 Å². The number of hydrogen-bond donors (Lipinski definition) is 3. The molecule has 0 aliphatic rings. The van der Waals surface area contributed by atoms with Crippen LogP contribution in [-0.2, 0) is 0 Å². The number of aromatic nitrogens is 1. The number of benzene rings is 1. The van der Waals surface area contributed by atoms with Crippen molar-refractivity contribution in [2.75, 3.05) is 7.11 Å². The fourth-order valence-corrected chi connectivity index (χ4v) is 2.06. The van der Waals surface area contributed by atoms with Gasteiger partial charge in [0.1, 0.15) is 5.75 Å². The van der Waals surface area contributed by atoms with Crippen LogP contribution in [0.25, 0.3) is 10.9 Å². The maximum Gasteiger partial charge on any atom is 0.218 e. The van der Waals surface area contributed by atoms with Gasteiger partial charge in [0.25, 0.3) is 0 Å². The smallest absolute Gasteiger partial charge is 0.218 e. The highest BCUT2D eigenvalue weighted by Crippen LogP contribution is 2.45. The number of aromatic amines is 1. The predicted octanol–water partition coefficient (Wildman–Crippen LogP) is 3.85. The third-order valence-electron chi connectivity index (χ3n) is 2.22. The SMILES string of the molecule is COc1cc(Cl)c2[nH]c(O)c(N=N)c2c1Cl. The van der Waals surface area contributed by atoms with Crippen molar-refractivity contribution in [1.82, 2.24) is 4.98 Å². The zero-order valence-electron chi connectivity index (χ0n) is 8.14. The quantitative estimate of drug-likeness (QED) is 0.716. The molecular formula is C9H7Cl2N3O2. The summed E-state index contributed by atoms with van der Waals surface area (Å²) in [7, 11) is 1.45. The standard InChI is InChI=1S/C9H7Cl2N3O2/c1-16-4-2-3(10)7-5(6(4)11)8(14-12)9(15)13-7/h2,12-13,15H,1H3. The second-order valence-corrected chi connectivity index (χ2v) is 3.84. The molecule has 1 aromatic heterocycles. The monoisotopic (exact) mass is 259 g/mol. The third kappa shape index (κ3) is 1.40. The van der Waals surface area contributed by atoms with E-state index in [1.807, 2.05) is 0 Å². The van der Waals surface area contributed by atoms with Crippen molar-refractivity contribution in [1.29, 1.82) is 5.53 Å². The number of rotatable bonds is 2. The lowest BCUT2D eigenvalue weighted by atomic mass is 10.2. The summed E-state index contributed by atoms with van der Waals surface area (Å²) in [5.41, 5.74) is 7.45. The van der Waals surface area contributed by atoms with Crippen molar-refractivity contribution >= 4 is 39.8 Å². The van der Waals surface area contributed by atoms with Gasteiger partial charge in [0.2, 0.25) is 5.88 Å². The van der Waals surface area contributed by atoms with E-state index in [1.165, 1.54) is 13.2 Å². The number of ether oxygens (including phenoxy) is 1. The first kappa shape index (κ1) is 11.0. The van der Waals surface area contributed by atoms with Crippen molar-refractivity contribution in [2.24, 2.45) is 5.11 Å². The first-order valence-corrected chi connectivity index (χ1v) is 4.99. The molecule has 0 saturated heterocycles. The number of aromatic hydroxyl groups is 1. The van der Waals surface area contributed by atoms with Crippen LogP contribution in [0.1, 0.15) is 0 Å². The van der Waals surface area contributed by atoms with Crippen LogP contribution in [0.2, 0.25) is 10.0 Å². The first-order chi connectivity index (χ1) is 7.60. The Balaban J connectivity index is 2.97. The molecule has 5 nitrogen and oxygen atoms in total. The lowest BCUT2D eigenvalue weighted by Crippen LogP contribution is -1.85. The van der Waals surface area contributed by atoms with E-state index in [0.29, 0.717) is 21.7 Å². The fraction of sp³-hybridized carbons (Fsp3) is 0.111. The second-order valence-electron chi connectivity index (χ2n) is 3.06. The Kier molecular flexibility index (Phi) is 2.65. The van der Waals surface area contributed by atoms with E-state index in [0.717, 1.165) is 0 Å². The van der Waals surface area contributed by atoms with E-state index >= 15 is 0 Å². The summed E-state index contributed by atoms with van der Waals surface area (Å²) in [5, 5.41) is 13.7. The average molecular weight is 260 g/mol. The highest BCUT2D eigenvalue weighted by Gasteiger charge is 2.19. The summed E-state index contributed by atoms with van der Waals surface area (Å²) in [6, 6.07) is 1.52. The van der Waals surface area contributed by atoms with Gasteiger partial charge in [-0.1, -0.05) is 23.2 Å². The lowest BCUT2D eigenvalue weighted by Gasteiger charge is -2.05. The van der Waals surface area contributed by atoms with Gasteiger partial charge in [0.05, 0.1) is 28.1 Å². The van der Waals surface area contributed by atoms with Crippen LogP contribution in [0.4, 0.5) is 5.69 Å². The van der Waals surface area contributed by atoms with Crippen LogP contribution in [0.15, 0.2) is 11.2 Å². The van der Waals surface area contributed by atoms with Crippen LogP contribution in [0.5, 0.6) is 11.6 Å². The van der Waals surface area contributed by atoms with Crippen LogP contribution in [0, 0.1) is 5.53 Å². The molecule has 16 heavy (non-hydrogen) atoms. The Morgan fingerprint density at radius 2 is 2.19 bits per heavy atom. The Morgan fingerprint density at radius 3 is 2.75 bits per heavy atom. The van der Waals surface area contributed by atoms with Gasteiger partial charge >= 0.3 is 0 Å². The maximum absolute atomic E-state index is 9.52. The fourth-order valence-electron chi connectivity index (χ4n) is 1.50. The average Bonchev–Trinajstić information content (AvgIpc) is 2.61. The molecule has 0 unspecified atom stereocenters. The summed E-state index contributed by atoms with van der Waals surface area (Å²) in [6.45, 7) is 0. The summed E-state index contributed by atoms with van der Waals surface area (Å²) in [5.74, 6) is 0.116. The zero-order chi connectivity index (χ0) is 11.9. The number of halogens is 2. The number of H-pyrrole nitrogens is 1. The minimum atomic E-state index is -0.248. The topological polar surface area (TPSA) is 81.5 Å². The lowest BCUT2D eigenvalue weighted by molar-refractivity contribution is 0.415. The molecule has 1 aromatic carbocycles. The maximum atomic E-state index is 9.52. The molecule has 2 aromatic rings. The van der Waals surface area contributed by atoms with Crippen molar-refractivity contribution in [3.8, 4) is 11.6 Å². The van der Waals surface area contributed by atoms with E-state index in [2.05, 4.69) is 10.1 Å². The van der Waals surface area contributed by atoms with Crippen LogP contribution < -0.4 is 4.74 Å². The van der Waals surface area contributed by atoms with Crippen molar-refractivity contribution in [3.63, 3.8) is 0 Å². The zero-order valence-corrected chi connectivity index (χ0v) is 9.65. The molecule has 0 saturated carbocycles. The molecule has 0 amide bonds. The van der Waals surface area contributed by atoms with Gasteiger partial charge in [-0.05, 0) is 0 Å². The first-order valence-electron chi connectivity index (χ1n) is 4.24. The predicted molar refractivity (Wildman–Crippen MR) is 61.3 cm³/mol. The molecule has 7 heteroatoms. The largest absolute Gasteiger partial charge is 0.495 e. The Labute approximate surface area is 100 Å². The van der Waals surface area contributed by atoms with Crippen molar-refractivity contribution in [2.45, 2.75) is 0 Å². The van der Waals surface area contributed by atoms with E-state index < -0.39 is 0 Å². The van der Waals surface area contributed by atoms with Gasteiger partial charge < -0.3 is 14.8 Å². The molecule has 2 rings (SSSR count). The molecule has 0 bridgehead atoms. The molecule has 0 aliphatic heterocycles.